The van der Waals surface area contributed by atoms with E-state index in [0.29, 0.717) is 41.0 Å². The van der Waals surface area contributed by atoms with Crippen molar-refractivity contribution in [2.75, 3.05) is 19.6 Å². The summed E-state index contributed by atoms with van der Waals surface area (Å²) >= 11 is 5.90. The molecule has 7 nitrogen and oxygen atoms in total. The van der Waals surface area contributed by atoms with Crippen LogP contribution in [0.5, 0.6) is 0 Å². The number of aromatic nitrogens is 2. The van der Waals surface area contributed by atoms with Gasteiger partial charge in [0.2, 0.25) is 17.6 Å². The van der Waals surface area contributed by atoms with Gasteiger partial charge in [0.25, 0.3) is 5.91 Å². The van der Waals surface area contributed by atoms with Gasteiger partial charge < -0.3 is 14.7 Å². The summed E-state index contributed by atoms with van der Waals surface area (Å²) in [6.45, 7) is 0.889. The minimum Gasteiger partial charge on any atom is -0.343 e. The van der Waals surface area contributed by atoms with Gasteiger partial charge in [0.05, 0.1) is 12.5 Å². The van der Waals surface area contributed by atoms with Gasteiger partial charge >= 0.3 is 0 Å². The third kappa shape index (κ3) is 5.08. The summed E-state index contributed by atoms with van der Waals surface area (Å²) in [5.41, 5.74) is 0.926. The zero-order valence-corrected chi connectivity index (χ0v) is 17.3. The smallest absolute Gasteiger partial charge is 0.251 e. The van der Waals surface area contributed by atoms with Crippen LogP contribution in [-0.2, 0) is 4.79 Å². The first-order valence-electron chi connectivity index (χ1n) is 9.90. The molecule has 160 valence electrons. The van der Waals surface area contributed by atoms with Crippen LogP contribution in [0.25, 0.3) is 11.4 Å². The van der Waals surface area contributed by atoms with E-state index in [-0.39, 0.29) is 30.1 Å². The average Bonchev–Trinajstić information content (AvgIpc) is 3.28. The Balaban J connectivity index is 1.36. The zero-order chi connectivity index (χ0) is 21.8. The molecule has 0 saturated carbocycles. The third-order valence-corrected chi connectivity index (χ3v) is 5.37. The van der Waals surface area contributed by atoms with Crippen molar-refractivity contribution in [1.29, 1.82) is 0 Å². The van der Waals surface area contributed by atoms with E-state index < -0.39 is 0 Å². The van der Waals surface area contributed by atoms with E-state index in [1.54, 1.807) is 41.3 Å². The Bertz CT molecular complexity index is 1100. The quantitative estimate of drug-likeness (QED) is 0.651. The minimum atomic E-state index is -0.377. The summed E-state index contributed by atoms with van der Waals surface area (Å²) in [5, 5.41) is 7.04. The molecule has 4 rings (SSSR count). The predicted molar refractivity (Wildman–Crippen MR) is 112 cm³/mol. The number of rotatable bonds is 5. The van der Waals surface area contributed by atoms with Crippen LogP contribution >= 0.6 is 11.6 Å². The zero-order valence-electron chi connectivity index (χ0n) is 16.6. The van der Waals surface area contributed by atoms with Crippen molar-refractivity contribution in [3.05, 3.63) is 70.8 Å². The molecular weight excluding hydrogens is 423 g/mol. The number of halogens is 2. The van der Waals surface area contributed by atoms with E-state index in [1.807, 2.05) is 0 Å². The van der Waals surface area contributed by atoms with Crippen LogP contribution in [0.1, 0.15) is 35.0 Å². The molecule has 1 aliphatic heterocycles. The van der Waals surface area contributed by atoms with E-state index in [4.69, 9.17) is 16.1 Å². The molecule has 2 amide bonds. The molecule has 2 heterocycles. The number of benzene rings is 2. The Morgan fingerprint density at radius 2 is 2.06 bits per heavy atom. The van der Waals surface area contributed by atoms with Gasteiger partial charge in [0, 0.05) is 29.2 Å². The fraction of sp³-hybridized carbons (Fsp3) is 0.273. The second kappa shape index (κ2) is 9.26. The Hall–Kier alpha value is -3.26. The van der Waals surface area contributed by atoms with E-state index in [1.165, 1.54) is 12.1 Å². The maximum Gasteiger partial charge on any atom is 0.251 e. The standard InChI is InChI=1S/C22H20ClFN4O3/c23-17-7-1-5-15(10-17)21(30)25-12-19(29)28-9-3-6-16(13-28)22-26-20(27-31-22)14-4-2-8-18(24)11-14/h1-2,4-5,7-8,10-11,16H,3,6,9,12-13H2,(H,25,30). The van der Waals surface area contributed by atoms with Crippen molar-refractivity contribution in [2.45, 2.75) is 18.8 Å². The summed E-state index contributed by atoms with van der Waals surface area (Å²) in [6, 6.07) is 12.5. The van der Waals surface area contributed by atoms with Crippen molar-refractivity contribution in [3.8, 4) is 11.4 Å². The highest BCUT2D eigenvalue weighted by Gasteiger charge is 2.29. The first kappa shape index (κ1) is 21.0. The molecule has 31 heavy (non-hydrogen) atoms. The van der Waals surface area contributed by atoms with Crippen molar-refractivity contribution >= 4 is 23.4 Å². The SMILES string of the molecule is O=C(NCC(=O)N1CCCC(c2nc(-c3cccc(F)c3)no2)C1)c1cccc(Cl)c1. The lowest BCUT2D eigenvalue weighted by molar-refractivity contribution is -0.131. The molecule has 9 heteroatoms. The summed E-state index contributed by atoms with van der Waals surface area (Å²) < 4.78 is 18.8. The molecule has 0 aliphatic carbocycles. The second-order valence-electron chi connectivity index (χ2n) is 7.34. The molecule has 1 N–H and O–H groups in total. The van der Waals surface area contributed by atoms with Crippen LogP contribution < -0.4 is 5.32 Å². The van der Waals surface area contributed by atoms with Crippen LogP contribution in [0, 0.1) is 5.82 Å². The first-order chi connectivity index (χ1) is 15.0. The molecule has 3 aromatic rings. The molecule has 2 aromatic carbocycles. The number of carbonyl (C=O) groups is 2. The molecule has 1 saturated heterocycles. The first-order valence-corrected chi connectivity index (χ1v) is 10.3. The highest BCUT2D eigenvalue weighted by Crippen LogP contribution is 2.27. The van der Waals surface area contributed by atoms with Crippen molar-refractivity contribution in [2.24, 2.45) is 0 Å². The summed E-state index contributed by atoms with van der Waals surface area (Å²) in [5.74, 6) is -0.313. The molecule has 1 atom stereocenters. The van der Waals surface area contributed by atoms with Crippen LogP contribution in [0.2, 0.25) is 5.02 Å². The monoisotopic (exact) mass is 442 g/mol. The largest absolute Gasteiger partial charge is 0.343 e. The Kier molecular flexibility index (Phi) is 6.27. The molecule has 0 spiro atoms. The van der Waals surface area contributed by atoms with Gasteiger partial charge in [-0.05, 0) is 43.2 Å². The summed E-state index contributed by atoms with van der Waals surface area (Å²) in [6.07, 6.45) is 1.57. The van der Waals surface area contributed by atoms with Crippen molar-refractivity contribution in [3.63, 3.8) is 0 Å². The van der Waals surface area contributed by atoms with Gasteiger partial charge in [0.15, 0.2) is 0 Å². The lowest BCUT2D eigenvalue weighted by Gasteiger charge is -2.31. The molecule has 0 bridgehead atoms. The Morgan fingerprint density at radius 3 is 2.87 bits per heavy atom. The topological polar surface area (TPSA) is 88.3 Å². The van der Waals surface area contributed by atoms with Gasteiger partial charge in [-0.15, -0.1) is 0 Å². The minimum absolute atomic E-state index is 0.115. The van der Waals surface area contributed by atoms with E-state index in [2.05, 4.69) is 15.5 Å². The van der Waals surface area contributed by atoms with Crippen molar-refractivity contribution in [1.82, 2.24) is 20.4 Å². The number of nitrogens with one attached hydrogen (secondary N) is 1. The van der Waals surface area contributed by atoms with Crippen molar-refractivity contribution < 1.29 is 18.5 Å². The number of piperidine rings is 1. The fourth-order valence-electron chi connectivity index (χ4n) is 3.55. The molecular formula is C22H20ClFN4O3. The maximum absolute atomic E-state index is 13.4. The molecule has 0 radical (unpaired) electrons. The average molecular weight is 443 g/mol. The number of likely N-dealkylation sites (tertiary alicyclic amines) is 1. The molecule has 1 unspecified atom stereocenters. The van der Waals surface area contributed by atoms with Gasteiger partial charge in [0.1, 0.15) is 5.82 Å². The van der Waals surface area contributed by atoms with Gasteiger partial charge in [-0.1, -0.05) is 35.0 Å². The number of nitrogens with zero attached hydrogens (tertiary/aromatic N) is 3. The number of carbonyl (C=O) groups excluding carboxylic acids is 2. The number of amides is 2. The Labute approximate surface area is 183 Å². The Morgan fingerprint density at radius 1 is 1.23 bits per heavy atom. The summed E-state index contributed by atoms with van der Waals surface area (Å²) in [7, 11) is 0. The molecule has 1 aliphatic rings. The van der Waals surface area contributed by atoms with Gasteiger partial charge in [-0.3, -0.25) is 9.59 Å². The lowest BCUT2D eigenvalue weighted by atomic mass is 9.98. The number of hydrogen-bond donors (Lipinski definition) is 1. The lowest BCUT2D eigenvalue weighted by Crippen LogP contribution is -2.44. The van der Waals surface area contributed by atoms with E-state index >= 15 is 0 Å². The third-order valence-electron chi connectivity index (χ3n) is 5.13. The summed E-state index contributed by atoms with van der Waals surface area (Å²) in [4.78, 5) is 30.9. The van der Waals surface area contributed by atoms with Crippen LogP contribution in [0.15, 0.2) is 53.1 Å². The highest BCUT2D eigenvalue weighted by atomic mass is 35.5. The van der Waals surface area contributed by atoms with E-state index in [0.717, 1.165) is 12.8 Å². The molecule has 1 fully saturated rings. The number of hydrogen-bond acceptors (Lipinski definition) is 5. The van der Waals surface area contributed by atoms with Crippen LogP contribution in [0.3, 0.4) is 0 Å². The van der Waals surface area contributed by atoms with Crippen LogP contribution in [-0.4, -0.2) is 46.5 Å². The van der Waals surface area contributed by atoms with E-state index in [9.17, 15) is 14.0 Å². The predicted octanol–water partition coefficient (Wildman–Crippen LogP) is 3.67. The van der Waals surface area contributed by atoms with Gasteiger partial charge in [-0.2, -0.15) is 4.98 Å². The fourth-order valence-corrected chi connectivity index (χ4v) is 3.74. The highest BCUT2D eigenvalue weighted by molar-refractivity contribution is 6.30. The van der Waals surface area contributed by atoms with Crippen LogP contribution in [0.4, 0.5) is 4.39 Å². The molecule has 1 aromatic heterocycles. The second-order valence-corrected chi connectivity index (χ2v) is 7.77. The maximum atomic E-state index is 13.4. The normalized spacial score (nSPS) is 16.2. The van der Waals surface area contributed by atoms with Gasteiger partial charge in [-0.25, -0.2) is 4.39 Å².